The van der Waals surface area contributed by atoms with Gasteiger partial charge in [0.2, 0.25) is 0 Å². The Bertz CT molecular complexity index is 4240. The molecule has 320 valence electrons. The topological polar surface area (TPSA) is 47.7 Å². The molecule has 5 nitrogen and oxygen atoms in total. The monoisotopic (exact) mass is 870 g/mol. The molecule has 4 heterocycles. The highest BCUT2D eigenvalue weighted by atomic mass is 16.3. The molecule has 0 spiro atoms. The zero-order valence-electron chi connectivity index (χ0n) is 37.3. The van der Waals surface area contributed by atoms with E-state index in [0.29, 0.717) is 5.84 Å². The summed E-state index contributed by atoms with van der Waals surface area (Å²) >= 11 is 0. The van der Waals surface area contributed by atoms with Gasteiger partial charge in [-0.3, -0.25) is 4.57 Å². The average Bonchev–Trinajstić information content (AvgIpc) is 4.06. The van der Waals surface area contributed by atoms with Crippen molar-refractivity contribution in [2.75, 3.05) is 0 Å². The molecule has 0 N–H and O–H groups in total. The summed E-state index contributed by atoms with van der Waals surface area (Å²) in [5, 5.41) is 11.4. The molecule has 68 heavy (non-hydrogen) atoms. The van der Waals surface area contributed by atoms with Gasteiger partial charge in [-0.2, -0.15) is 0 Å². The Balaban J connectivity index is 1.08. The van der Waals surface area contributed by atoms with Crippen molar-refractivity contribution in [2.24, 2.45) is 15.9 Å². The molecule has 0 saturated heterocycles. The molecule has 0 saturated carbocycles. The van der Waals surface area contributed by atoms with Gasteiger partial charge in [-0.05, 0) is 93.9 Å². The summed E-state index contributed by atoms with van der Waals surface area (Å²) in [6.07, 6.45) is 3.06. The van der Waals surface area contributed by atoms with Gasteiger partial charge in [0.25, 0.3) is 0 Å². The molecule has 1 unspecified atom stereocenters. The van der Waals surface area contributed by atoms with E-state index in [-0.39, 0.29) is 5.92 Å². The van der Waals surface area contributed by atoms with Crippen LogP contribution in [0.1, 0.15) is 24.5 Å². The van der Waals surface area contributed by atoms with Crippen molar-refractivity contribution in [3.05, 3.63) is 230 Å². The Labute approximate surface area is 391 Å². The fourth-order valence-corrected chi connectivity index (χ4v) is 10.9. The number of fused-ring (bicyclic) bond motifs is 12. The van der Waals surface area contributed by atoms with E-state index in [1.807, 2.05) is 0 Å². The number of furan rings is 1. The molecule has 1 aliphatic rings. The highest BCUT2D eigenvalue weighted by Gasteiger charge is 2.26. The van der Waals surface area contributed by atoms with Crippen molar-refractivity contribution in [2.45, 2.75) is 13.3 Å². The SMILES string of the molecule is CC1C/C=C(\n2c3ccccc3c3ccccc32)N=C(c2ccc(-n3c4ccccc4c4cc5ccccc5cc43)c3oc4c5ccccc5ccc4c23)N=C1c1ccc(-c2ccccc2)cc1. The maximum Gasteiger partial charge on any atom is 0.162 e. The van der Waals surface area contributed by atoms with E-state index in [9.17, 15) is 0 Å². The van der Waals surface area contributed by atoms with E-state index in [1.165, 1.54) is 43.4 Å². The molecule has 0 amide bonds. The first-order valence-corrected chi connectivity index (χ1v) is 23.5. The minimum absolute atomic E-state index is 0.0680. The third kappa shape index (κ3) is 5.89. The number of para-hydroxylation sites is 3. The van der Waals surface area contributed by atoms with Gasteiger partial charge >= 0.3 is 0 Å². The predicted molar refractivity (Wildman–Crippen MR) is 286 cm³/mol. The second kappa shape index (κ2) is 15.1. The summed E-state index contributed by atoms with van der Waals surface area (Å²) in [5.41, 5.74) is 12.4. The molecule has 1 atom stereocenters. The van der Waals surface area contributed by atoms with Crippen LogP contribution in [0.2, 0.25) is 0 Å². The standard InChI is InChI=1S/C63H42N4O/c1-39-27-36-58(67-54-25-13-9-21-47(54)48-22-10-14-26-55(48)67)64-63(65-60(39)43-30-28-41(29-31-43)40-15-3-2-4-16-40)51-34-35-56(62-59(51)50-33-32-42-17-7-8-20-46(42)61(50)68-62)66-53-24-12-11-23-49(53)52-37-44-18-5-6-19-45(44)38-57(52)66/h2-26,28-39H,27H2,1H3/b58-36-,64-63?,65-60?. The second-order valence-corrected chi connectivity index (χ2v) is 18.1. The van der Waals surface area contributed by atoms with Crippen LogP contribution in [-0.4, -0.2) is 20.7 Å². The average molecular weight is 871 g/mol. The molecule has 0 fully saturated rings. The minimum Gasteiger partial charge on any atom is -0.453 e. The Morgan fingerprint density at radius 2 is 1.00 bits per heavy atom. The lowest BCUT2D eigenvalue weighted by molar-refractivity contribution is 0.670. The Morgan fingerprint density at radius 1 is 0.426 bits per heavy atom. The minimum atomic E-state index is 0.0680. The maximum atomic E-state index is 7.35. The van der Waals surface area contributed by atoms with E-state index in [2.05, 4.69) is 234 Å². The lowest BCUT2D eigenvalue weighted by Crippen LogP contribution is -2.18. The highest BCUT2D eigenvalue weighted by molar-refractivity contribution is 6.27. The molecule has 0 bridgehead atoms. The van der Waals surface area contributed by atoms with E-state index in [0.717, 1.165) is 89.5 Å². The van der Waals surface area contributed by atoms with Crippen LogP contribution >= 0.6 is 0 Å². The molecule has 3 aromatic heterocycles. The number of benzene rings is 10. The van der Waals surface area contributed by atoms with Gasteiger partial charge in [0, 0.05) is 49.2 Å². The van der Waals surface area contributed by atoms with Gasteiger partial charge in [0.1, 0.15) is 11.4 Å². The number of aromatic nitrogens is 2. The summed E-state index contributed by atoms with van der Waals surface area (Å²) in [7, 11) is 0. The molecule has 14 rings (SSSR count). The first kappa shape index (κ1) is 38.5. The van der Waals surface area contributed by atoms with E-state index < -0.39 is 0 Å². The van der Waals surface area contributed by atoms with Crippen molar-refractivity contribution in [1.29, 1.82) is 0 Å². The zero-order valence-corrected chi connectivity index (χ0v) is 37.3. The van der Waals surface area contributed by atoms with Crippen LogP contribution < -0.4 is 0 Å². The molecule has 5 heteroatoms. The smallest absolute Gasteiger partial charge is 0.162 e. The molecular weight excluding hydrogens is 829 g/mol. The molecule has 13 aromatic rings. The number of hydrogen-bond acceptors (Lipinski definition) is 3. The Kier molecular flexibility index (Phi) is 8.56. The quantitative estimate of drug-likeness (QED) is 0.170. The van der Waals surface area contributed by atoms with Crippen LogP contribution in [0, 0.1) is 5.92 Å². The second-order valence-electron chi connectivity index (χ2n) is 18.1. The van der Waals surface area contributed by atoms with Crippen LogP contribution in [0.4, 0.5) is 0 Å². The number of allylic oxidation sites excluding steroid dienone is 1. The van der Waals surface area contributed by atoms with Gasteiger partial charge in [-0.25, -0.2) is 9.98 Å². The molecule has 0 aliphatic carbocycles. The Morgan fingerprint density at radius 3 is 1.72 bits per heavy atom. The fraction of sp³-hybridized carbons (Fsp3) is 0.0476. The summed E-state index contributed by atoms with van der Waals surface area (Å²) in [6, 6.07) is 76.1. The molecular formula is C63H42N4O. The van der Waals surface area contributed by atoms with Gasteiger partial charge in [0.05, 0.1) is 33.5 Å². The molecule has 10 aromatic carbocycles. The van der Waals surface area contributed by atoms with E-state index in [1.54, 1.807) is 0 Å². The van der Waals surface area contributed by atoms with E-state index in [4.69, 9.17) is 14.4 Å². The fourth-order valence-electron chi connectivity index (χ4n) is 10.9. The highest BCUT2D eigenvalue weighted by Crippen LogP contribution is 2.43. The zero-order chi connectivity index (χ0) is 44.9. The van der Waals surface area contributed by atoms with Gasteiger partial charge in [0.15, 0.2) is 11.4 Å². The number of hydrogen-bond donors (Lipinski definition) is 0. The summed E-state index contributed by atoms with van der Waals surface area (Å²) in [6.45, 7) is 2.29. The van der Waals surface area contributed by atoms with Crippen molar-refractivity contribution in [3.63, 3.8) is 0 Å². The largest absolute Gasteiger partial charge is 0.453 e. The lowest BCUT2D eigenvalue weighted by atomic mass is 9.93. The summed E-state index contributed by atoms with van der Waals surface area (Å²) in [5.74, 6) is 1.54. The number of aliphatic imine (C=N–C) groups is 2. The van der Waals surface area contributed by atoms with Crippen LogP contribution in [0.15, 0.2) is 233 Å². The van der Waals surface area contributed by atoms with Crippen molar-refractivity contribution in [1.82, 2.24) is 9.13 Å². The Hall–Kier alpha value is -8.80. The molecule has 1 aliphatic heterocycles. The molecule has 0 radical (unpaired) electrons. The number of nitrogens with zero attached hydrogens (tertiary/aromatic N) is 4. The van der Waals surface area contributed by atoms with Crippen molar-refractivity contribution in [3.8, 4) is 16.8 Å². The van der Waals surface area contributed by atoms with E-state index >= 15 is 0 Å². The lowest BCUT2D eigenvalue weighted by Gasteiger charge is -2.20. The number of amidine groups is 1. The summed E-state index contributed by atoms with van der Waals surface area (Å²) in [4.78, 5) is 11.5. The third-order valence-electron chi connectivity index (χ3n) is 14.2. The van der Waals surface area contributed by atoms with Crippen molar-refractivity contribution < 1.29 is 4.42 Å². The van der Waals surface area contributed by atoms with Crippen molar-refractivity contribution >= 4 is 104 Å². The third-order valence-corrected chi connectivity index (χ3v) is 14.2. The first-order chi connectivity index (χ1) is 33.6. The maximum absolute atomic E-state index is 7.35. The van der Waals surface area contributed by atoms with Gasteiger partial charge in [-0.1, -0.05) is 171 Å². The van der Waals surface area contributed by atoms with Crippen LogP contribution in [0.5, 0.6) is 0 Å². The van der Waals surface area contributed by atoms with Crippen LogP contribution in [0.25, 0.3) is 110 Å². The first-order valence-electron chi connectivity index (χ1n) is 23.5. The normalized spacial score (nSPS) is 15.4. The number of rotatable bonds is 5. The summed E-state index contributed by atoms with van der Waals surface area (Å²) < 4.78 is 12.1. The van der Waals surface area contributed by atoms with Crippen LogP contribution in [-0.2, 0) is 0 Å². The van der Waals surface area contributed by atoms with Gasteiger partial charge < -0.3 is 8.98 Å². The van der Waals surface area contributed by atoms with Crippen LogP contribution in [0.3, 0.4) is 0 Å². The predicted octanol–water partition coefficient (Wildman–Crippen LogP) is 16.5. The van der Waals surface area contributed by atoms with Gasteiger partial charge in [-0.15, -0.1) is 0 Å².